The molecule has 1 aliphatic carbocycles. The van der Waals surface area contributed by atoms with E-state index in [1.807, 2.05) is 6.08 Å². The first-order valence-electron chi connectivity index (χ1n) is 5.56. The van der Waals surface area contributed by atoms with Gasteiger partial charge in [0.05, 0.1) is 0 Å². The number of hydrogen-bond acceptors (Lipinski definition) is 3. The van der Waals surface area contributed by atoms with Gasteiger partial charge in [-0.15, -0.1) is 6.58 Å². The molecule has 0 spiro atoms. The van der Waals surface area contributed by atoms with E-state index < -0.39 is 0 Å². The summed E-state index contributed by atoms with van der Waals surface area (Å²) in [5.41, 5.74) is 6.28. The second-order valence-electron chi connectivity index (χ2n) is 4.73. The molecule has 0 radical (unpaired) electrons. The van der Waals surface area contributed by atoms with Gasteiger partial charge in [0, 0.05) is 44.8 Å². The van der Waals surface area contributed by atoms with Crippen molar-refractivity contribution in [2.24, 2.45) is 5.73 Å². The van der Waals surface area contributed by atoms with Gasteiger partial charge >= 0.3 is 0 Å². The molecule has 2 N–H and O–H groups in total. The quantitative estimate of drug-likeness (QED) is 0.654. The van der Waals surface area contributed by atoms with Gasteiger partial charge in [-0.25, -0.2) is 0 Å². The Balaban J connectivity index is 1.70. The molecule has 2 fully saturated rings. The third-order valence-electron chi connectivity index (χ3n) is 3.28. The molecule has 0 aromatic carbocycles. The Labute approximate surface area is 86.5 Å². The van der Waals surface area contributed by atoms with Gasteiger partial charge in [-0.1, -0.05) is 6.08 Å². The highest BCUT2D eigenvalue weighted by Gasteiger charge is 2.39. The van der Waals surface area contributed by atoms with Crippen molar-refractivity contribution >= 4 is 0 Å². The molecule has 1 saturated carbocycles. The Kier molecular flexibility index (Phi) is 2.91. The molecule has 0 aromatic rings. The second kappa shape index (κ2) is 4.01. The first-order chi connectivity index (χ1) is 6.72. The van der Waals surface area contributed by atoms with Crippen LogP contribution in [0.2, 0.25) is 0 Å². The summed E-state index contributed by atoms with van der Waals surface area (Å²) in [5, 5.41) is 0. The van der Waals surface area contributed by atoms with Crippen LogP contribution in [-0.2, 0) is 0 Å². The molecule has 1 saturated heterocycles. The van der Waals surface area contributed by atoms with Gasteiger partial charge in [-0.2, -0.15) is 0 Å². The van der Waals surface area contributed by atoms with E-state index in [0.29, 0.717) is 0 Å². The van der Waals surface area contributed by atoms with Gasteiger partial charge in [0.2, 0.25) is 0 Å². The summed E-state index contributed by atoms with van der Waals surface area (Å²) < 4.78 is 0. The monoisotopic (exact) mass is 195 g/mol. The maximum Gasteiger partial charge on any atom is 0.0284 e. The van der Waals surface area contributed by atoms with Crippen LogP contribution < -0.4 is 5.73 Å². The van der Waals surface area contributed by atoms with Gasteiger partial charge in [0.15, 0.2) is 0 Å². The lowest BCUT2D eigenvalue weighted by molar-refractivity contribution is 0.134. The summed E-state index contributed by atoms with van der Waals surface area (Å²) in [6.45, 7) is 10.6. The standard InChI is InChI=1S/C11H21N3/c1-2-5-13-6-8-14(9-7-13)10-11(12)3-4-11/h2H,1,3-10,12H2. The molecule has 80 valence electrons. The number of hydrogen-bond donors (Lipinski definition) is 1. The molecule has 3 nitrogen and oxygen atoms in total. The molecule has 2 aliphatic rings. The zero-order valence-electron chi connectivity index (χ0n) is 8.91. The minimum Gasteiger partial charge on any atom is -0.324 e. The first-order valence-corrected chi connectivity index (χ1v) is 5.56. The summed E-state index contributed by atoms with van der Waals surface area (Å²) in [5.74, 6) is 0. The van der Waals surface area contributed by atoms with Gasteiger partial charge in [0.25, 0.3) is 0 Å². The van der Waals surface area contributed by atoms with E-state index in [-0.39, 0.29) is 5.54 Å². The van der Waals surface area contributed by atoms with Gasteiger partial charge in [-0.3, -0.25) is 9.80 Å². The number of nitrogens with zero attached hydrogens (tertiary/aromatic N) is 2. The normalized spacial score (nSPS) is 27.5. The molecular weight excluding hydrogens is 174 g/mol. The Morgan fingerprint density at radius 3 is 2.21 bits per heavy atom. The maximum absolute atomic E-state index is 6.10. The van der Waals surface area contributed by atoms with Crippen LogP contribution >= 0.6 is 0 Å². The molecule has 2 rings (SSSR count). The van der Waals surface area contributed by atoms with E-state index in [2.05, 4.69) is 16.4 Å². The maximum atomic E-state index is 6.10. The summed E-state index contributed by atoms with van der Waals surface area (Å²) in [6, 6.07) is 0. The lowest BCUT2D eigenvalue weighted by Gasteiger charge is -2.35. The van der Waals surface area contributed by atoms with Crippen molar-refractivity contribution in [1.29, 1.82) is 0 Å². The smallest absolute Gasteiger partial charge is 0.0284 e. The van der Waals surface area contributed by atoms with Crippen LogP contribution in [0.3, 0.4) is 0 Å². The lowest BCUT2D eigenvalue weighted by atomic mass is 10.2. The summed E-state index contributed by atoms with van der Waals surface area (Å²) >= 11 is 0. The topological polar surface area (TPSA) is 32.5 Å². The summed E-state index contributed by atoms with van der Waals surface area (Å²) in [7, 11) is 0. The highest BCUT2D eigenvalue weighted by atomic mass is 15.3. The van der Waals surface area contributed by atoms with Gasteiger partial charge in [0.1, 0.15) is 0 Å². The van der Waals surface area contributed by atoms with Crippen molar-refractivity contribution < 1.29 is 0 Å². The van der Waals surface area contributed by atoms with E-state index >= 15 is 0 Å². The molecule has 0 unspecified atom stereocenters. The average molecular weight is 195 g/mol. The second-order valence-corrected chi connectivity index (χ2v) is 4.73. The van der Waals surface area contributed by atoms with Crippen LogP contribution in [0.1, 0.15) is 12.8 Å². The molecular formula is C11H21N3. The zero-order chi connectivity index (χ0) is 10.0. The van der Waals surface area contributed by atoms with E-state index in [1.165, 1.54) is 39.0 Å². The van der Waals surface area contributed by atoms with E-state index in [1.54, 1.807) is 0 Å². The fourth-order valence-corrected chi connectivity index (χ4v) is 2.08. The summed E-state index contributed by atoms with van der Waals surface area (Å²) in [6.07, 6.45) is 4.43. The molecule has 3 heteroatoms. The van der Waals surface area contributed by atoms with Crippen molar-refractivity contribution in [2.75, 3.05) is 39.3 Å². The molecule has 0 aromatic heterocycles. The Hall–Kier alpha value is -0.380. The number of piperazine rings is 1. The zero-order valence-corrected chi connectivity index (χ0v) is 8.91. The van der Waals surface area contributed by atoms with Crippen LogP contribution in [0.5, 0.6) is 0 Å². The van der Waals surface area contributed by atoms with E-state index in [0.717, 1.165) is 13.1 Å². The molecule has 14 heavy (non-hydrogen) atoms. The third-order valence-corrected chi connectivity index (χ3v) is 3.28. The van der Waals surface area contributed by atoms with Gasteiger partial charge in [-0.05, 0) is 12.8 Å². The minimum atomic E-state index is 0.181. The lowest BCUT2D eigenvalue weighted by Crippen LogP contribution is -2.50. The molecule has 0 amide bonds. The molecule has 0 atom stereocenters. The highest BCUT2D eigenvalue weighted by Crippen LogP contribution is 2.33. The molecule has 0 bridgehead atoms. The minimum absolute atomic E-state index is 0.181. The van der Waals surface area contributed by atoms with Crippen molar-refractivity contribution in [3.05, 3.63) is 12.7 Å². The predicted molar refractivity (Wildman–Crippen MR) is 59.2 cm³/mol. The average Bonchev–Trinajstić information content (AvgIpc) is 2.88. The number of nitrogens with two attached hydrogens (primary N) is 1. The van der Waals surface area contributed by atoms with Crippen LogP contribution in [0.15, 0.2) is 12.7 Å². The largest absolute Gasteiger partial charge is 0.324 e. The highest BCUT2D eigenvalue weighted by molar-refractivity contribution is 5.01. The summed E-state index contributed by atoms with van der Waals surface area (Å²) in [4.78, 5) is 4.95. The molecule has 1 heterocycles. The Bertz CT molecular complexity index is 203. The fourth-order valence-electron chi connectivity index (χ4n) is 2.08. The van der Waals surface area contributed by atoms with Crippen LogP contribution in [0.4, 0.5) is 0 Å². The van der Waals surface area contributed by atoms with Crippen LogP contribution in [-0.4, -0.2) is 54.6 Å². The van der Waals surface area contributed by atoms with Crippen molar-refractivity contribution in [3.8, 4) is 0 Å². The van der Waals surface area contributed by atoms with Crippen molar-refractivity contribution in [1.82, 2.24) is 9.80 Å². The van der Waals surface area contributed by atoms with E-state index in [4.69, 9.17) is 5.73 Å². The fraction of sp³-hybridized carbons (Fsp3) is 0.818. The van der Waals surface area contributed by atoms with Crippen LogP contribution in [0.25, 0.3) is 0 Å². The van der Waals surface area contributed by atoms with Gasteiger partial charge < -0.3 is 5.73 Å². The predicted octanol–water partition coefficient (Wildman–Crippen LogP) is 0.281. The first kappa shape index (κ1) is 10.1. The van der Waals surface area contributed by atoms with Crippen LogP contribution in [0, 0.1) is 0 Å². The van der Waals surface area contributed by atoms with Crippen molar-refractivity contribution in [2.45, 2.75) is 18.4 Å². The van der Waals surface area contributed by atoms with E-state index in [9.17, 15) is 0 Å². The third kappa shape index (κ3) is 2.56. The number of rotatable bonds is 4. The SMILES string of the molecule is C=CCN1CCN(CC2(N)CC2)CC1. The molecule has 1 aliphatic heterocycles. The van der Waals surface area contributed by atoms with Crippen molar-refractivity contribution in [3.63, 3.8) is 0 Å². The Morgan fingerprint density at radius 2 is 1.71 bits per heavy atom. The Morgan fingerprint density at radius 1 is 1.14 bits per heavy atom.